The fourth-order valence-corrected chi connectivity index (χ4v) is 3.77. The van der Waals surface area contributed by atoms with Crippen molar-refractivity contribution in [3.63, 3.8) is 0 Å². The van der Waals surface area contributed by atoms with Crippen LogP contribution in [0.4, 0.5) is 8.78 Å². The minimum Gasteiger partial charge on any atom is -0.490 e. The molecule has 30 heavy (non-hydrogen) atoms. The van der Waals surface area contributed by atoms with Gasteiger partial charge in [-0.3, -0.25) is 9.48 Å². The third kappa shape index (κ3) is 4.67. The number of carbonyl (C=O) groups is 1. The number of hydrogen-bond acceptors (Lipinski definition) is 3. The maximum Gasteiger partial charge on any atom is 0.223 e. The van der Waals surface area contributed by atoms with Gasteiger partial charge in [-0.05, 0) is 37.0 Å². The molecule has 5 nitrogen and oxygen atoms in total. The predicted octanol–water partition coefficient (Wildman–Crippen LogP) is 4.17. The van der Waals surface area contributed by atoms with Gasteiger partial charge < -0.3 is 10.1 Å². The molecule has 1 N–H and O–H groups in total. The number of amides is 1. The molecule has 0 unspecified atom stereocenters. The van der Waals surface area contributed by atoms with Crippen molar-refractivity contribution >= 4 is 5.91 Å². The number of rotatable bonds is 7. The molecule has 0 saturated heterocycles. The highest BCUT2D eigenvalue weighted by Gasteiger charge is 2.25. The van der Waals surface area contributed by atoms with Gasteiger partial charge in [-0.25, -0.2) is 8.78 Å². The molecule has 0 spiro atoms. The standard InChI is InChI=1S/C23H23F2N3O2/c24-17-9-10-22(19(25)13-17)30-12-11-23(29)27-20-7-4-8-21-18(20)14-26-28(21)15-16-5-2-1-3-6-16/h1-3,5-6,9-10,13-14,20H,4,7-8,11-12,15H2,(H,27,29)/t20-/m0/s1. The minimum atomic E-state index is -0.779. The molecule has 1 aromatic heterocycles. The Labute approximate surface area is 173 Å². The average molecular weight is 411 g/mol. The normalized spacial score (nSPS) is 15.5. The van der Waals surface area contributed by atoms with Gasteiger partial charge in [-0.2, -0.15) is 5.10 Å². The Bertz CT molecular complexity index is 1020. The van der Waals surface area contributed by atoms with E-state index in [-0.39, 0.29) is 30.7 Å². The van der Waals surface area contributed by atoms with E-state index in [4.69, 9.17) is 4.74 Å². The summed E-state index contributed by atoms with van der Waals surface area (Å²) < 4.78 is 33.8. The maximum absolute atomic E-state index is 13.6. The van der Waals surface area contributed by atoms with Crippen molar-refractivity contribution < 1.29 is 18.3 Å². The van der Waals surface area contributed by atoms with Crippen LogP contribution in [0.5, 0.6) is 5.75 Å². The first-order valence-electron chi connectivity index (χ1n) is 10.1. The molecule has 4 rings (SSSR count). The van der Waals surface area contributed by atoms with Crippen LogP contribution in [-0.4, -0.2) is 22.3 Å². The molecular weight excluding hydrogens is 388 g/mol. The molecule has 2 aromatic carbocycles. The number of nitrogens with one attached hydrogen (secondary N) is 1. The molecule has 1 amide bonds. The van der Waals surface area contributed by atoms with Crippen molar-refractivity contribution in [3.05, 3.63) is 83.2 Å². The predicted molar refractivity (Wildman–Crippen MR) is 108 cm³/mol. The van der Waals surface area contributed by atoms with Gasteiger partial charge in [0.25, 0.3) is 0 Å². The summed E-state index contributed by atoms with van der Waals surface area (Å²) in [5.41, 5.74) is 3.38. The van der Waals surface area contributed by atoms with Crippen molar-refractivity contribution in [2.75, 3.05) is 6.61 Å². The van der Waals surface area contributed by atoms with E-state index in [0.29, 0.717) is 6.54 Å². The summed E-state index contributed by atoms with van der Waals surface area (Å²) in [6.07, 6.45) is 4.67. The van der Waals surface area contributed by atoms with E-state index in [0.717, 1.165) is 42.7 Å². The zero-order chi connectivity index (χ0) is 20.9. The van der Waals surface area contributed by atoms with Crippen LogP contribution in [0.1, 0.15) is 42.1 Å². The lowest BCUT2D eigenvalue weighted by Gasteiger charge is -2.24. The Kier molecular flexibility index (Phi) is 6.07. The SMILES string of the molecule is O=C(CCOc1ccc(F)cc1F)N[C@H]1CCCc2c1cnn2Cc1ccccc1. The summed E-state index contributed by atoms with van der Waals surface area (Å²) in [5.74, 6) is -1.69. The monoisotopic (exact) mass is 411 g/mol. The summed E-state index contributed by atoms with van der Waals surface area (Å²) in [6.45, 7) is 0.717. The van der Waals surface area contributed by atoms with Crippen LogP contribution in [-0.2, 0) is 17.8 Å². The topological polar surface area (TPSA) is 56.1 Å². The lowest BCUT2D eigenvalue weighted by Crippen LogP contribution is -2.31. The van der Waals surface area contributed by atoms with E-state index in [1.54, 1.807) is 0 Å². The van der Waals surface area contributed by atoms with E-state index in [9.17, 15) is 13.6 Å². The van der Waals surface area contributed by atoms with Crippen molar-refractivity contribution in [3.8, 4) is 5.75 Å². The first-order chi connectivity index (χ1) is 14.6. The molecule has 0 saturated carbocycles. The van der Waals surface area contributed by atoms with Crippen LogP contribution >= 0.6 is 0 Å². The Balaban J connectivity index is 1.34. The first-order valence-corrected chi connectivity index (χ1v) is 10.1. The van der Waals surface area contributed by atoms with E-state index in [1.165, 1.54) is 11.6 Å². The summed E-state index contributed by atoms with van der Waals surface area (Å²) >= 11 is 0. The average Bonchev–Trinajstić information content (AvgIpc) is 3.14. The molecule has 3 aromatic rings. The molecule has 156 valence electrons. The molecular formula is C23H23F2N3O2. The molecule has 0 radical (unpaired) electrons. The van der Waals surface area contributed by atoms with Gasteiger partial charge in [-0.1, -0.05) is 30.3 Å². The van der Waals surface area contributed by atoms with Gasteiger partial charge in [0, 0.05) is 17.3 Å². The molecule has 1 aliphatic rings. The number of benzene rings is 2. The van der Waals surface area contributed by atoms with Crippen molar-refractivity contribution in [2.24, 2.45) is 0 Å². The number of carbonyl (C=O) groups excluding carboxylic acids is 1. The number of halogens is 2. The zero-order valence-electron chi connectivity index (χ0n) is 16.5. The maximum atomic E-state index is 13.6. The lowest BCUT2D eigenvalue weighted by molar-refractivity contribution is -0.122. The Morgan fingerprint density at radius 3 is 2.83 bits per heavy atom. The van der Waals surface area contributed by atoms with Crippen LogP contribution in [0, 0.1) is 11.6 Å². The second-order valence-electron chi connectivity index (χ2n) is 7.38. The molecule has 1 heterocycles. The number of nitrogens with zero attached hydrogens (tertiary/aromatic N) is 2. The third-order valence-electron chi connectivity index (χ3n) is 5.25. The molecule has 0 aliphatic heterocycles. The number of ether oxygens (including phenoxy) is 1. The third-order valence-corrected chi connectivity index (χ3v) is 5.25. The highest BCUT2D eigenvalue weighted by molar-refractivity contribution is 5.76. The van der Waals surface area contributed by atoms with Crippen LogP contribution in [0.3, 0.4) is 0 Å². The molecule has 1 atom stereocenters. The van der Waals surface area contributed by atoms with Crippen molar-refractivity contribution in [1.29, 1.82) is 0 Å². The van der Waals surface area contributed by atoms with Crippen LogP contribution in [0.2, 0.25) is 0 Å². The highest BCUT2D eigenvalue weighted by Crippen LogP contribution is 2.30. The van der Waals surface area contributed by atoms with Gasteiger partial charge in [0.05, 0.1) is 31.8 Å². The smallest absolute Gasteiger partial charge is 0.223 e. The van der Waals surface area contributed by atoms with Crippen molar-refractivity contribution in [2.45, 2.75) is 38.3 Å². The van der Waals surface area contributed by atoms with E-state index in [1.807, 2.05) is 29.1 Å². The van der Waals surface area contributed by atoms with Gasteiger partial charge in [0.2, 0.25) is 5.91 Å². The fraction of sp³-hybridized carbons (Fsp3) is 0.304. The number of fused-ring (bicyclic) bond motifs is 1. The van der Waals surface area contributed by atoms with Crippen molar-refractivity contribution in [1.82, 2.24) is 15.1 Å². The van der Waals surface area contributed by atoms with E-state index < -0.39 is 11.6 Å². The second kappa shape index (κ2) is 9.07. The zero-order valence-corrected chi connectivity index (χ0v) is 16.5. The molecule has 0 fully saturated rings. The minimum absolute atomic E-state index is 0.0151. The largest absolute Gasteiger partial charge is 0.490 e. The Hall–Kier alpha value is -3.22. The van der Waals surface area contributed by atoms with E-state index >= 15 is 0 Å². The van der Waals surface area contributed by atoms with E-state index in [2.05, 4.69) is 22.5 Å². The molecule has 7 heteroatoms. The number of hydrogen-bond donors (Lipinski definition) is 1. The van der Waals surface area contributed by atoms with Crippen LogP contribution in [0.15, 0.2) is 54.7 Å². The Morgan fingerprint density at radius 2 is 2.03 bits per heavy atom. The summed E-state index contributed by atoms with van der Waals surface area (Å²) in [6, 6.07) is 13.1. The van der Waals surface area contributed by atoms with Gasteiger partial charge >= 0.3 is 0 Å². The highest BCUT2D eigenvalue weighted by atomic mass is 19.1. The molecule has 0 bridgehead atoms. The summed E-state index contributed by atoms with van der Waals surface area (Å²) in [7, 11) is 0. The first kappa shape index (κ1) is 20.1. The Morgan fingerprint density at radius 1 is 1.20 bits per heavy atom. The second-order valence-corrected chi connectivity index (χ2v) is 7.38. The lowest BCUT2D eigenvalue weighted by atomic mass is 9.92. The van der Waals surface area contributed by atoms with Gasteiger partial charge in [0.1, 0.15) is 5.82 Å². The van der Waals surface area contributed by atoms with Crippen LogP contribution in [0.25, 0.3) is 0 Å². The fourth-order valence-electron chi connectivity index (χ4n) is 3.77. The number of aromatic nitrogens is 2. The molecule has 1 aliphatic carbocycles. The summed E-state index contributed by atoms with van der Waals surface area (Å²) in [4.78, 5) is 12.4. The van der Waals surface area contributed by atoms with Gasteiger partial charge in [-0.15, -0.1) is 0 Å². The quantitative estimate of drug-likeness (QED) is 0.635. The van der Waals surface area contributed by atoms with Gasteiger partial charge in [0.15, 0.2) is 11.6 Å². The van der Waals surface area contributed by atoms with Crippen LogP contribution < -0.4 is 10.1 Å². The summed E-state index contributed by atoms with van der Waals surface area (Å²) in [5, 5.41) is 7.57.